The summed E-state index contributed by atoms with van der Waals surface area (Å²) in [6.45, 7) is 1.92. The molecule has 1 aromatic heterocycles. The number of aromatic nitrogens is 2. The third-order valence-corrected chi connectivity index (χ3v) is 4.86. The van der Waals surface area contributed by atoms with E-state index in [2.05, 4.69) is 45.2 Å². The first kappa shape index (κ1) is 15.1. The number of benzene rings is 2. The molecule has 0 spiro atoms. The van der Waals surface area contributed by atoms with Crippen LogP contribution in [-0.2, 0) is 6.42 Å². The third kappa shape index (κ3) is 3.09. The van der Waals surface area contributed by atoms with Gasteiger partial charge in [0.25, 0.3) is 0 Å². The summed E-state index contributed by atoms with van der Waals surface area (Å²) in [6.07, 6.45) is 4.98. The summed E-state index contributed by atoms with van der Waals surface area (Å²) in [7, 11) is 0. The van der Waals surface area contributed by atoms with Gasteiger partial charge in [0.1, 0.15) is 18.0 Å². The lowest BCUT2D eigenvalue weighted by Crippen LogP contribution is -2.35. The van der Waals surface area contributed by atoms with Crippen molar-refractivity contribution in [3.63, 3.8) is 0 Å². The molecule has 0 N–H and O–H groups in total. The maximum absolute atomic E-state index is 13.6. The van der Waals surface area contributed by atoms with Crippen LogP contribution in [0.3, 0.4) is 0 Å². The van der Waals surface area contributed by atoms with Crippen molar-refractivity contribution in [2.75, 3.05) is 18.0 Å². The van der Waals surface area contributed by atoms with Gasteiger partial charge in [-0.05, 0) is 48.9 Å². The van der Waals surface area contributed by atoms with E-state index in [1.807, 2.05) is 0 Å². The predicted molar refractivity (Wildman–Crippen MR) is 94.6 cm³/mol. The highest BCUT2D eigenvalue weighted by molar-refractivity contribution is 5.89. The van der Waals surface area contributed by atoms with Crippen LogP contribution in [-0.4, -0.2) is 23.1 Å². The molecule has 3 aromatic rings. The van der Waals surface area contributed by atoms with Gasteiger partial charge in [-0.2, -0.15) is 0 Å². The fraction of sp³-hybridized carbons (Fsp3) is 0.300. The molecule has 24 heavy (non-hydrogen) atoms. The van der Waals surface area contributed by atoms with E-state index in [1.165, 1.54) is 11.6 Å². The monoisotopic (exact) mass is 321 g/mol. The normalized spacial score (nSPS) is 15.8. The molecule has 3 nitrogen and oxygen atoms in total. The summed E-state index contributed by atoms with van der Waals surface area (Å²) in [5.74, 6) is 1.32. The molecule has 0 saturated carbocycles. The average molecular weight is 321 g/mol. The van der Waals surface area contributed by atoms with Crippen molar-refractivity contribution in [3.8, 4) is 0 Å². The Balaban J connectivity index is 1.49. The summed E-state index contributed by atoms with van der Waals surface area (Å²) in [4.78, 5) is 10.9. The van der Waals surface area contributed by atoms with Gasteiger partial charge >= 0.3 is 0 Å². The zero-order valence-corrected chi connectivity index (χ0v) is 13.5. The Bertz CT molecular complexity index is 827. The van der Waals surface area contributed by atoms with Crippen molar-refractivity contribution < 1.29 is 4.39 Å². The van der Waals surface area contributed by atoms with Gasteiger partial charge in [0.15, 0.2) is 0 Å². The van der Waals surface area contributed by atoms with Gasteiger partial charge in [0.2, 0.25) is 0 Å². The SMILES string of the molecule is Fc1ccc2ncnc(N3CCC(Cc4ccccc4)CC3)c2c1. The summed E-state index contributed by atoms with van der Waals surface area (Å²) < 4.78 is 13.6. The number of hydrogen-bond acceptors (Lipinski definition) is 3. The predicted octanol–water partition coefficient (Wildman–Crippen LogP) is 4.23. The molecule has 1 saturated heterocycles. The summed E-state index contributed by atoms with van der Waals surface area (Å²) in [6, 6.07) is 15.4. The number of hydrogen-bond donors (Lipinski definition) is 0. The second-order valence-electron chi connectivity index (χ2n) is 6.48. The zero-order valence-electron chi connectivity index (χ0n) is 13.5. The first-order valence-corrected chi connectivity index (χ1v) is 8.49. The van der Waals surface area contributed by atoms with E-state index in [0.29, 0.717) is 5.92 Å². The number of rotatable bonds is 3. The smallest absolute Gasteiger partial charge is 0.139 e. The van der Waals surface area contributed by atoms with Crippen molar-refractivity contribution in [2.45, 2.75) is 19.3 Å². The molecule has 4 heteroatoms. The number of halogens is 1. The second-order valence-corrected chi connectivity index (χ2v) is 6.48. The minimum Gasteiger partial charge on any atom is -0.356 e. The largest absolute Gasteiger partial charge is 0.356 e. The first-order valence-electron chi connectivity index (χ1n) is 8.49. The van der Waals surface area contributed by atoms with Gasteiger partial charge in [-0.15, -0.1) is 0 Å². The highest BCUT2D eigenvalue weighted by Crippen LogP contribution is 2.29. The van der Waals surface area contributed by atoms with Crippen LogP contribution in [0.15, 0.2) is 54.9 Å². The standard InChI is InChI=1S/C20H20FN3/c21-17-6-7-19-18(13-17)20(23-14-22-19)24-10-8-16(9-11-24)12-15-4-2-1-3-5-15/h1-7,13-14,16H,8-12H2. The molecule has 1 aliphatic heterocycles. The summed E-state index contributed by atoms with van der Waals surface area (Å²) in [5, 5.41) is 0.805. The fourth-order valence-corrected chi connectivity index (χ4v) is 3.56. The van der Waals surface area contributed by atoms with Crippen molar-refractivity contribution in [2.24, 2.45) is 5.92 Å². The Labute approximate surface area is 141 Å². The molecule has 1 aliphatic rings. The molecule has 0 bridgehead atoms. The Morgan fingerprint density at radius 3 is 2.58 bits per heavy atom. The van der Waals surface area contributed by atoms with Gasteiger partial charge < -0.3 is 4.90 Å². The van der Waals surface area contributed by atoms with Crippen molar-refractivity contribution in [1.82, 2.24) is 9.97 Å². The maximum Gasteiger partial charge on any atom is 0.139 e. The average Bonchev–Trinajstić information content (AvgIpc) is 2.63. The Morgan fingerprint density at radius 1 is 1.00 bits per heavy atom. The molecule has 1 fully saturated rings. The van der Waals surface area contributed by atoms with E-state index in [1.54, 1.807) is 18.5 Å². The fourth-order valence-electron chi connectivity index (χ4n) is 3.56. The molecule has 0 atom stereocenters. The molecule has 2 aromatic carbocycles. The summed E-state index contributed by atoms with van der Waals surface area (Å²) in [5.41, 5.74) is 2.21. The molecule has 4 rings (SSSR count). The molecule has 0 unspecified atom stereocenters. The molecular formula is C20H20FN3. The number of piperidine rings is 1. The lowest BCUT2D eigenvalue weighted by atomic mass is 9.90. The van der Waals surface area contributed by atoms with Crippen LogP contribution in [0.4, 0.5) is 10.2 Å². The Kier molecular flexibility index (Phi) is 4.11. The molecule has 122 valence electrons. The molecule has 0 aliphatic carbocycles. The van der Waals surface area contributed by atoms with E-state index in [4.69, 9.17) is 0 Å². The highest BCUT2D eigenvalue weighted by Gasteiger charge is 2.22. The third-order valence-electron chi connectivity index (χ3n) is 4.86. The van der Waals surface area contributed by atoms with Gasteiger partial charge in [0.05, 0.1) is 5.52 Å². The van der Waals surface area contributed by atoms with E-state index in [9.17, 15) is 4.39 Å². The molecule has 0 radical (unpaired) electrons. The van der Waals surface area contributed by atoms with Crippen LogP contribution in [0.2, 0.25) is 0 Å². The van der Waals surface area contributed by atoms with E-state index in [-0.39, 0.29) is 5.82 Å². The maximum atomic E-state index is 13.6. The Hall–Kier alpha value is -2.49. The van der Waals surface area contributed by atoms with E-state index in [0.717, 1.165) is 49.1 Å². The van der Waals surface area contributed by atoms with Gasteiger partial charge in [0, 0.05) is 18.5 Å². The quantitative estimate of drug-likeness (QED) is 0.723. The van der Waals surface area contributed by atoms with Crippen LogP contribution in [0.1, 0.15) is 18.4 Å². The van der Waals surface area contributed by atoms with Crippen LogP contribution < -0.4 is 4.90 Å². The van der Waals surface area contributed by atoms with Gasteiger partial charge in [-0.1, -0.05) is 30.3 Å². The van der Waals surface area contributed by atoms with Crippen LogP contribution >= 0.6 is 0 Å². The number of nitrogens with zero attached hydrogens (tertiary/aromatic N) is 3. The van der Waals surface area contributed by atoms with Gasteiger partial charge in [-0.3, -0.25) is 0 Å². The van der Waals surface area contributed by atoms with E-state index < -0.39 is 0 Å². The second kappa shape index (κ2) is 6.56. The van der Waals surface area contributed by atoms with Crippen molar-refractivity contribution >= 4 is 16.7 Å². The molecule has 0 amide bonds. The number of anilines is 1. The minimum absolute atomic E-state index is 0.238. The first-order chi connectivity index (χ1) is 11.8. The van der Waals surface area contributed by atoms with Crippen LogP contribution in [0.25, 0.3) is 10.9 Å². The minimum atomic E-state index is -0.238. The topological polar surface area (TPSA) is 29.0 Å². The lowest BCUT2D eigenvalue weighted by molar-refractivity contribution is 0.402. The molecule has 2 heterocycles. The van der Waals surface area contributed by atoms with Crippen LogP contribution in [0, 0.1) is 11.7 Å². The summed E-state index contributed by atoms with van der Waals surface area (Å²) >= 11 is 0. The van der Waals surface area contributed by atoms with Crippen molar-refractivity contribution in [3.05, 3.63) is 66.2 Å². The van der Waals surface area contributed by atoms with Gasteiger partial charge in [-0.25, -0.2) is 14.4 Å². The zero-order chi connectivity index (χ0) is 16.4. The number of fused-ring (bicyclic) bond motifs is 1. The lowest BCUT2D eigenvalue weighted by Gasteiger charge is -2.33. The Morgan fingerprint density at radius 2 is 1.79 bits per heavy atom. The van der Waals surface area contributed by atoms with Crippen LogP contribution in [0.5, 0.6) is 0 Å². The molecular weight excluding hydrogens is 301 g/mol. The van der Waals surface area contributed by atoms with Crippen molar-refractivity contribution in [1.29, 1.82) is 0 Å². The van der Waals surface area contributed by atoms with E-state index >= 15 is 0 Å². The highest BCUT2D eigenvalue weighted by atomic mass is 19.1.